The number of amides is 2. The highest BCUT2D eigenvalue weighted by molar-refractivity contribution is 6.35. The molecule has 0 radical (unpaired) electrons. The van der Waals surface area contributed by atoms with Gasteiger partial charge in [-0.15, -0.1) is 0 Å². The summed E-state index contributed by atoms with van der Waals surface area (Å²) in [7, 11) is 0. The number of nitrogens with one attached hydrogen (secondary N) is 3. The summed E-state index contributed by atoms with van der Waals surface area (Å²) in [6.07, 6.45) is 1.84. The van der Waals surface area contributed by atoms with Crippen LogP contribution in [0.15, 0.2) is 54.6 Å². The van der Waals surface area contributed by atoms with E-state index in [-0.39, 0.29) is 11.8 Å². The highest BCUT2D eigenvalue weighted by atomic mass is 16.2. The van der Waals surface area contributed by atoms with Gasteiger partial charge in [0.05, 0.1) is 5.57 Å². The van der Waals surface area contributed by atoms with Crippen LogP contribution in [0.3, 0.4) is 0 Å². The number of aromatic nitrogens is 1. The number of aromatic amines is 1. The molecule has 4 rings (SSSR count). The highest BCUT2D eigenvalue weighted by Gasteiger charge is 2.25. The molecule has 0 saturated carbocycles. The smallest absolute Gasteiger partial charge is 0.256 e. The zero-order chi connectivity index (χ0) is 19.0. The first-order chi connectivity index (χ1) is 13.0. The lowest BCUT2D eigenvalue weighted by Crippen LogP contribution is -2.11. The van der Waals surface area contributed by atoms with E-state index in [0.717, 1.165) is 28.2 Å². The van der Waals surface area contributed by atoms with Gasteiger partial charge >= 0.3 is 0 Å². The molecule has 1 aromatic heterocycles. The summed E-state index contributed by atoms with van der Waals surface area (Å²) in [6.45, 7) is 3.97. The summed E-state index contributed by atoms with van der Waals surface area (Å²) in [6, 6.07) is 16.5. The number of carbonyl (C=O) groups excluding carboxylic acids is 2. The number of aryl methyl sites for hydroxylation is 2. The van der Waals surface area contributed by atoms with E-state index < -0.39 is 0 Å². The number of hydrogen-bond acceptors (Lipinski definition) is 2. The molecule has 0 saturated heterocycles. The Morgan fingerprint density at radius 1 is 1.04 bits per heavy atom. The van der Waals surface area contributed by atoms with E-state index in [1.165, 1.54) is 0 Å². The lowest BCUT2D eigenvalue weighted by molar-refractivity contribution is -0.110. The molecule has 0 bridgehead atoms. The average Bonchev–Trinajstić information content (AvgIpc) is 3.14. The van der Waals surface area contributed by atoms with E-state index >= 15 is 0 Å². The minimum Gasteiger partial charge on any atom is -0.359 e. The molecule has 27 heavy (non-hydrogen) atoms. The molecular formula is C22H19N3O2. The first-order valence-electron chi connectivity index (χ1n) is 8.71. The minimum atomic E-state index is -0.213. The quantitative estimate of drug-likeness (QED) is 0.609. The molecule has 0 aliphatic carbocycles. The highest BCUT2D eigenvalue weighted by Crippen LogP contribution is 2.34. The molecule has 1 aliphatic heterocycles. The SMILES string of the molecule is Cc1cc(C)c(C=C2C(=O)Nc3ccc(C(=O)Nc4ccccc4)cc32)[nH]1. The number of H-pyrrole nitrogens is 1. The number of fused-ring (bicyclic) bond motifs is 1. The molecular weight excluding hydrogens is 338 g/mol. The van der Waals surface area contributed by atoms with Crippen molar-refractivity contribution in [2.45, 2.75) is 13.8 Å². The summed E-state index contributed by atoms with van der Waals surface area (Å²) in [5.74, 6) is -0.383. The number of carbonyl (C=O) groups is 2. The Labute approximate surface area is 157 Å². The van der Waals surface area contributed by atoms with Gasteiger partial charge in [0.25, 0.3) is 11.8 Å². The third-order valence-corrected chi connectivity index (χ3v) is 4.57. The third-order valence-electron chi connectivity index (χ3n) is 4.57. The molecule has 3 aromatic rings. The van der Waals surface area contributed by atoms with Gasteiger partial charge in [0.1, 0.15) is 0 Å². The van der Waals surface area contributed by atoms with Gasteiger partial charge in [-0.25, -0.2) is 0 Å². The summed E-state index contributed by atoms with van der Waals surface area (Å²) in [5, 5.41) is 5.72. The molecule has 0 unspecified atom stereocenters. The number of anilines is 2. The Morgan fingerprint density at radius 3 is 2.52 bits per heavy atom. The number of para-hydroxylation sites is 1. The van der Waals surface area contributed by atoms with Crippen LogP contribution in [0.5, 0.6) is 0 Å². The van der Waals surface area contributed by atoms with Gasteiger partial charge in [-0.1, -0.05) is 18.2 Å². The summed E-state index contributed by atoms with van der Waals surface area (Å²) in [5.41, 5.74) is 6.21. The zero-order valence-electron chi connectivity index (χ0n) is 15.1. The van der Waals surface area contributed by atoms with E-state index in [2.05, 4.69) is 15.6 Å². The molecule has 2 amide bonds. The molecule has 5 nitrogen and oxygen atoms in total. The van der Waals surface area contributed by atoms with Gasteiger partial charge in [-0.05, 0) is 61.9 Å². The van der Waals surface area contributed by atoms with Gasteiger partial charge in [-0.2, -0.15) is 0 Å². The van der Waals surface area contributed by atoms with E-state index in [4.69, 9.17) is 0 Å². The summed E-state index contributed by atoms with van der Waals surface area (Å²) < 4.78 is 0. The van der Waals surface area contributed by atoms with Gasteiger partial charge in [0.2, 0.25) is 0 Å². The monoisotopic (exact) mass is 357 g/mol. The van der Waals surface area contributed by atoms with Gasteiger partial charge in [-0.3, -0.25) is 9.59 Å². The molecule has 2 aromatic carbocycles. The second-order valence-electron chi connectivity index (χ2n) is 6.64. The lowest BCUT2D eigenvalue weighted by atomic mass is 10.0. The second kappa shape index (κ2) is 6.61. The van der Waals surface area contributed by atoms with Crippen LogP contribution in [0.2, 0.25) is 0 Å². The van der Waals surface area contributed by atoms with E-state index in [1.807, 2.05) is 56.3 Å². The number of rotatable bonds is 3. The Balaban J connectivity index is 1.68. The van der Waals surface area contributed by atoms with E-state index in [9.17, 15) is 9.59 Å². The summed E-state index contributed by atoms with van der Waals surface area (Å²) in [4.78, 5) is 28.3. The number of benzene rings is 2. The van der Waals surface area contributed by atoms with Crippen LogP contribution >= 0.6 is 0 Å². The molecule has 2 heterocycles. The van der Waals surface area contributed by atoms with Gasteiger partial charge < -0.3 is 15.6 Å². The Kier molecular flexibility index (Phi) is 4.12. The molecule has 134 valence electrons. The molecule has 5 heteroatoms. The van der Waals surface area contributed by atoms with Crippen molar-refractivity contribution in [3.05, 3.63) is 82.7 Å². The normalized spacial score (nSPS) is 14.1. The fraction of sp³-hybridized carbons (Fsp3) is 0.0909. The predicted molar refractivity (Wildman–Crippen MR) is 108 cm³/mol. The topological polar surface area (TPSA) is 74.0 Å². The van der Waals surface area contributed by atoms with Crippen LogP contribution in [0.4, 0.5) is 11.4 Å². The van der Waals surface area contributed by atoms with Crippen LogP contribution < -0.4 is 10.6 Å². The Morgan fingerprint density at radius 2 is 1.81 bits per heavy atom. The van der Waals surface area contributed by atoms with Crippen molar-refractivity contribution in [2.75, 3.05) is 10.6 Å². The van der Waals surface area contributed by atoms with Crippen molar-refractivity contribution in [1.82, 2.24) is 4.98 Å². The average molecular weight is 357 g/mol. The fourth-order valence-electron chi connectivity index (χ4n) is 3.24. The predicted octanol–water partition coefficient (Wildman–Crippen LogP) is 4.38. The van der Waals surface area contributed by atoms with Crippen molar-refractivity contribution in [3.8, 4) is 0 Å². The summed E-state index contributed by atoms with van der Waals surface area (Å²) >= 11 is 0. The molecule has 0 atom stereocenters. The van der Waals surface area contributed by atoms with Crippen molar-refractivity contribution in [1.29, 1.82) is 0 Å². The van der Waals surface area contributed by atoms with Gasteiger partial charge in [0, 0.05) is 33.9 Å². The fourth-order valence-corrected chi connectivity index (χ4v) is 3.24. The second-order valence-corrected chi connectivity index (χ2v) is 6.64. The maximum Gasteiger partial charge on any atom is 0.256 e. The van der Waals surface area contributed by atoms with Crippen molar-refractivity contribution in [3.63, 3.8) is 0 Å². The van der Waals surface area contributed by atoms with Crippen LogP contribution in [0, 0.1) is 13.8 Å². The molecule has 0 fully saturated rings. The first-order valence-corrected chi connectivity index (χ1v) is 8.71. The van der Waals surface area contributed by atoms with Crippen molar-refractivity contribution >= 4 is 34.8 Å². The molecule has 3 N–H and O–H groups in total. The lowest BCUT2D eigenvalue weighted by Gasteiger charge is -2.07. The Bertz CT molecular complexity index is 1080. The van der Waals surface area contributed by atoms with Gasteiger partial charge in [0.15, 0.2) is 0 Å². The maximum absolute atomic E-state index is 12.6. The molecule has 1 aliphatic rings. The zero-order valence-corrected chi connectivity index (χ0v) is 15.1. The van der Waals surface area contributed by atoms with Crippen LogP contribution in [0.25, 0.3) is 11.6 Å². The first kappa shape index (κ1) is 16.8. The Hall–Kier alpha value is -3.60. The minimum absolute atomic E-state index is 0.169. The molecule has 0 spiro atoms. The largest absolute Gasteiger partial charge is 0.359 e. The standard InChI is InChI=1S/C22H19N3O2/c1-13-10-14(2)23-20(13)12-18-17-11-15(8-9-19(17)25-22(18)27)21(26)24-16-6-4-3-5-7-16/h3-12,23H,1-2H3,(H,24,26)(H,25,27). The van der Waals surface area contributed by atoms with E-state index in [1.54, 1.807) is 18.2 Å². The maximum atomic E-state index is 12.6. The third kappa shape index (κ3) is 3.27. The van der Waals surface area contributed by atoms with Crippen LogP contribution in [0.1, 0.15) is 32.9 Å². The van der Waals surface area contributed by atoms with Crippen LogP contribution in [-0.4, -0.2) is 16.8 Å². The van der Waals surface area contributed by atoms with Crippen molar-refractivity contribution < 1.29 is 9.59 Å². The van der Waals surface area contributed by atoms with E-state index in [0.29, 0.717) is 16.8 Å². The number of hydrogen-bond donors (Lipinski definition) is 3. The van der Waals surface area contributed by atoms with Crippen molar-refractivity contribution in [2.24, 2.45) is 0 Å². The van der Waals surface area contributed by atoms with Crippen LogP contribution in [-0.2, 0) is 4.79 Å².